The van der Waals surface area contributed by atoms with Crippen LogP contribution < -0.4 is 0 Å². The van der Waals surface area contributed by atoms with Crippen molar-refractivity contribution in [3.63, 3.8) is 0 Å². The largest absolute Gasteiger partial charge is 0.465 e. The second-order valence-electron chi connectivity index (χ2n) is 3.47. The molecule has 1 atom stereocenters. The van der Waals surface area contributed by atoms with Gasteiger partial charge in [0, 0.05) is 0 Å². The minimum Gasteiger partial charge on any atom is -0.465 e. The fourth-order valence-electron chi connectivity index (χ4n) is 1.05. The van der Waals surface area contributed by atoms with Crippen LogP contribution in [0.5, 0.6) is 0 Å². The first-order valence-corrected chi connectivity index (χ1v) is 5.44. The molecule has 4 heteroatoms. The summed E-state index contributed by atoms with van der Waals surface area (Å²) >= 11 is 0. The second kappa shape index (κ2) is 8.38. The lowest BCUT2D eigenvalue weighted by atomic mass is 10.1. The molecule has 0 fully saturated rings. The lowest BCUT2D eigenvalue weighted by Crippen LogP contribution is -2.20. The van der Waals surface area contributed by atoms with E-state index in [0.717, 1.165) is 12.8 Å². The average Bonchev–Trinajstić information content (AvgIpc) is 2.18. The first-order chi connectivity index (χ1) is 7.11. The first-order valence-electron chi connectivity index (χ1n) is 5.44. The van der Waals surface area contributed by atoms with Gasteiger partial charge < -0.3 is 4.74 Å². The van der Waals surface area contributed by atoms with Crippen molar-refractivity contribution in [2.24, 2.45) is 0 Å². The number of Topliss-reactive ketones (excluding diaryl/α,β-unsaturated/α-hetero) is 1. The standard InChI is InChI=1S/C11H19FO3/c1-3-5-7-15-11(14)8-10(13)9(12)6-4-2/h9H,3-8H2,1-2H3. The Morgan fingerprint density at radius 1 is 1.27 bits per heavy atom. The lowest BCUT2D eigenvalue weighted by molar-refractivity contribution is -0.147. The number of ketones is 1. The highest BCUT2D eigenvalue weighted by Gasteiger charge is 2.19. The first kappa shape index (κ1) is 14.1. The summed E-state index contributed by atoms with van der Waals surface area (Å²) in [7, 11) is 0. The van der Waals surface area contributed by atoms with Gasteiger partial charge >= 0.3 is 5.97 Å². The second-order valence-corrected chi connectivity index (χ2v) is 3.47. The zero-order chi connectivity index (χ0) is 11.7. The molecule has 1 unspecified atom stereocenters. The molecule has 0 aromatic rings. The number of halogens is 1. The molecule has 0 aliphatic carbocycles. The van der Waals surface area contributed by atoms with Crippen molar-refractivity contribution in [1.82, 2.24) is 0 Å². The smallest absolute Gasteiger partial charge is 0.313 e. The number of esters is 1. The van der Waals surface area contributed by atoms with Gasteiger partial charge in [-0.15, -0.1) is 0 Å². The predicted octanol–water partition coefficient (Wildman–Crippen LogP) is 2.43. The van der Waals surface area contributed by atoms with Crippen LogP contribution >= 0.6 is 0 Å². The van der Waals surface area contributed by atoms with E-state index < -0.39 is 24.3 Å². The van der Waals surface area contributed by atoms with Crippen molar-refractivity contribution in [3.8, 4) is 0 Å². The summed E-state index contributed by atoms with van der Waals surface area (Å²) in [6, 6.07) is 0. The van der Waals surface area contributed by atoms with Crippen LogP contribution in [0, 0.1) is 0 Å². The van der Waals surface area contributed by atoms with Gasteiger partial charge in [-0.3, -0.25) is 9.59 Å². The van der Waals surface area contributed by atoms with Gasteiger partial charge in [0.05, 0.1) is 6.61 Å². The van der Waals surface area contributed by atoms with Crippen LogP contribution in [0.4, 0.5) is 4.39 Å². The van der Waals surface area contributed by atoms with Crippen molar-refractivity contribution in [2.75, 3.05) is 6.61 Å². The highest BCUT2D eigenvalue weighted by Crippen LogP contribution is 2.06. The molecule has 0 spiro atoms. The normalized spacial score (nSPS) is 12.2. The fraction of sp³-hybridized carbons (Fsp3) is 0.818. The highest BCUT2D eigenvalue weighted by molar-refractivity contribution is 5.97. The molecule has 0 saturated carbocycles. The molecule has 0 N–H and O–H groups in total. The zero-order valence-corrected chi connectivity index (χ0v) is 9.42. The van der Waals surface area contributed by atoms with E-state index >= 15 is 0 Å². The molecule has 3 nitrogen and oxygen atoms in total. The third kappa shape index (κ3) is 7.05. The summed E-state index contributed by atoms with van der Waals surface area (Å²) in [6.45, 7) is 4.07. The molecule has 0 aromatic heterocycles. The van der Waals surface area contributed by atoms with E-state index in [4.69, 9.17) is 4.74 Å². The van der Waals surface area contributed by atoms with Crippen molar-refractivity contribution in [2.45, 2.75) is 52.1 Å². The van der Waals surface area contributed by atoms with Crippen molar-refractivity contribution < 1.29 is 18.7 Å². The minimum absolute atomic E-state index is 0.182. The maximum Gasteiger partial charge on any atom is 0.313 e. The molecule has 0 saturated heterocycles. The number of ether oxygens (including phenoxy) is 1. The Labute approximate surface area is 90.0 Å². The van der Waals surface area contributed by atoms with E-state index in [2.05, 4.69) is 0 Å². The predicted molar refractivity (Wildman–Crippen MR) is 55.3 cm³/mol. The number of unbranched alkanes of at least 4 members (excludes halogenated alkanes) is 1. The van der Waals surface area contributed by atoms with Crippen molar-refractivity contribution in [3.05, 3.63) is 0 Å². The monoisotopic (exact) mass is 218 g/mol. The summed E-state index contributed by atoms with van der Waals surface area (Å²) in [5.41, 5.74) is 0. The van der Waals surface area contributed by atoms with Gasteiger partial charge in [-0.1, -0.05) is 26.7 Å². The van der Waals surface area contributed by atoms with Gasteiger partial charge in [-0.05, 0) is 12.8 Å². The molecule has 0 bridgehead atoms. The van der Waals surface area contributed by atoms with Crippen LogP contribution in [-0.4, -0.2) is 24.5 Å². The van der Waals surface area contributed by atoms with Crippen LogP contribution in [0.2, 0.25) is 0 Å². The third-order valence-corrected chi connectivity index (χ3v) is 1.97. The van der Waals surface area contributed by atoms with Gasteiger partial charge in [0.15, 0.2) is 12.0 Å². The maximum atomic E-state index is 13.0. The average molecular weight is 218 g/mol. The Kier molecular flexibility index (Phi) is 7.86. The molecule has 0 aromatic carbocycles. The van der Waals surface area contributed by atoms with E-state index in [1.165, 1.54) is 0 Å². The SMILES string of the molecule is CCCCOC(=O)CC(=O)C(F)CCC. The summed E-state index contributed by atoms with van der Waals surface area (Å²) < 4.78 is 17.7. The molecule has 0 aliphatic heterocycles. The van der Waals surface area contributed by atoms with Crippen molar-refractivity contribution >= 4 is 11.8 Å². The maximum absolute atomic E-state index is 13.0. The van der Waals surface area contributed by atoms with Gasteiger partial charge in [-0.2, -0.15) is 0 Å². The molecule has 88 valence electrons. The summed E-state index contributed by atoms with van der Waals surface area (Å²) in [5, 5.41) is 0. The molecule has 0 radical (unpaired) electrons. The third-order valence-electron chi connectivity index (χ3n) is 1.97. The quantitative estimate of drug-likeness (QED) is 0.357. The number of alkyl halides is 1. The van der Waals surface area contributed by atoms with Crippen LogP contribution in [0.3, 0.4) is 0 Å². The van der Waals surface area contributed by atoms with Crippen molar-refractivity contribution in [1.29, 1.82) is 0 Å². The van der Waals surface area contributed by atoms with Gasteiger partial charge in [0.25, 0.3) is 0 Å². The molecule has 0 amide bonds. The molecule has 0 aliphatic rings. The van der Waals surface area contributed by atoms with E-state index in [0.29, 0.717) is 13.0 Å². The number of rotatable bonds is 8. The summed E-state index contributed by atoms with van der Waals surface area (Å²) in [4.78, 5) is 22.1. The minimum atomic E-state index is -1.52. The summed E-state index contributed by atoms with van der Waals surface area (Å²) in [6.07, 6.45) is 0.509. The molecular formula is C11H19FO3. The molecule has 0 heterocycles. The number of carbonyl (C=O) groups excluding carboxylic acids is 2. The highest BCUT2D eigenvalue weighted by atomic mass is 19.1. The Morgan fingerprint density at radius 3 is 2.47 bits per heavy atom. The molecular weight excluding hydrogens is 199 g/mol. The number of hydrogen-bond donors (Lipinski definition) is 0. The van der Waals surface area contributed by atoms with E-state index in [1.807, 2.05) is 6.92 Å². The van der Waals surface area contributed by atoms with Crippen LogP contribution in [-0.2, 0) is 14.3 Å². The molecule has 0 rings (SSSR count). The van der Waals surface area contributed by atoms with Crippen LogP contribution in [0.1, 0.15) is 46.0 Å². The molecule has 15 heavy (non-hydrogen) atoms. The number of hydrogen-bond acceptors (Lipinski definition) is 3. The van der Waals surface area contributed by atoms with Gasteiger partial charge in [-0.25, -0.2) is 4.39 Å². The Morgan fingerprint density at radius 2 is 1.93 bits per heavy atom. The Bertz CT molecular complexity index is 204. The van der Waals surface area contributed by atoms with E-state index in [9.17, 15) is 14.0 Å². The van der Waals surface area contributed by atoms with E-state index in [1.54, 1.807) is 6.92 Å². The van der Waals surface area contributed by atoms with Gasteiger partial charge in [0.1, 0.15) is 6.42 Å². The van der Waals surface area contributed by atoms with Gasteiger partial charge in [0.2, 0.25) is 0 Å². The zero-order valence-electron chi connectivity index (χ0n) is 9.42. The Hall–Kier alpha value is -0.930. The number of carbonyl (C=O) groups is 2. The topological polar surface area (TPSA) is 43.4 Å². The Balaban J connectivity index is 3.70. The van der Waals surface area contributed by atoms with E-state index in [-0.39, 0.29) is 6.42 Å². The summed E-state index contributed by atoms with van der Waals surface area (Å²) in [5.74, 6) is -1.29. The fourth-order valence-corrected chi connectivity index (χ4v) is 1.05. The van der Waals surface area contributed by atoms with Crippen LogP contribution in [0.15, 0.2) is 0 Å². The van der Waals surface area contributed by atoms with Crippen LogP contribution in [0.25, 0.3) is 0 Å². The lowest BCUT2D eigenvalue weighted by Gasteiger charge is -2.06.